The van der Waals surface area contributed by atoms with Crippen molar-refractivity contribution in [2.45, 2.75) is 20.8 Å². The number of benzene rings is 1. The first-order valence-corrected chi connectivity index (χ1v) is 8.80. The molecule has 0 aliphatic heterocycles. The second-order valence-corrected chi connectivity index (χ2v) is 6.51. The number of amides is 2. The monoisotopic (exact) mass is 375 g/mol. The Balaban J connectivity index is 1.94. The van der Waals surface area contributed by atoms with Gasteiger partial charge in [-0.15, -0.1) is 0 Å². The standard InChI is InChI=1S/C19H26N4O4/c1-13-6-5-7-16(15(13)3)20-18(24)11-23(8-9-26-4)12-19(25)21-17-10-14(2)27-22-17/h5-7,10H,8-9,11-12H2,1-4H3,(H,20,24)(H,21,22,25)/p+1. The zero-order valence-electron chi connectivity index (χ0n) is 16.2. The van der Waals surface area contributed by atoms with E-state index in [1.807, 2.05) is 32.0 Å². The number of hydrogen-bond donors (Lipinski definition) is 3. The Morgan fingerprint density at radius 1 is 1.15 bits per heavy atom. The molecule has 27 heavy (non-hydrogen) atoms. The molecule has 8 heteroatoms. The maximum absolute atomic E-state index is 12.5. The normalized spacial score (nSPS) is 11.9. The van der Waals surface area contributed by atoms with Gasteiger partial charge in [-0.2, -0.15) is 0 Å². The van der Waals surface area contributed by atoms with Crippen molar-refractivity contribution in [2.24, 2.45) is 0 Å². The maximum atomic E-state index is 12.5. The highest BCUT2D eigenvalue weighted by Crippen LogP contribution is 2.17. The van der Waals surface area contributed by atoms with Gasteiger partial charge in [0.15, 0.2) is 18.9 Å². The molecule has 1 aromatic heterocycles. The Kier molecular flexibility index (Phi) is 7.51. The Bertz CT molecular complexity index is 788. The molecule has 2 rings (SSSR count). The third-order valence-corrected chi connectivity index (χ3v) is 4.26. The third-order valence-electron chi connectivity index (χ3n) is 4.26. The highest BCUT2D eigenvalue weighted by molar-refractivity contribution is 5.93. The van der Waals surface area contributed by atoms with Gasteiger partial charge in [0, 0.05) is 18.9 Å². The van der Waals surface area contributed by atoms with Crippen LogP contribution in [0.25, 0.3) is 0 Å². The fourth-order valence-electron chi connectivity index (χ4n) is 2.63. The smallest absolute Gasteiger partial charge is 0.280 e. The van der Waals surface area contributed by atoms with Gasteiger partial charge in [-0.25, -0.2) is 0 Å². The van der Waals surface area contributed by atoms with Crippen molar-refractivity contribution in [3.8, 4) is 0 Å². The molecule has 0 radical (unpaired) electrons. The summed E-state index contributed by atoms with van der Waals surface area (Å²) < 4.78 is 10.0. The molecule has 0 saturated heterocycles. The van der Waals surface area contributed by atoms with Crippen molar-refractivity contribution in [3.05, 3.63) is 41.2 Å². The van der Waals surface area contributed by atoms with Crippen molar-refractivity contribution >= 4 is 23.3 Å². The van der Waals surface area contributed by atoms with Crippen LogP contribution in [0.1, 0.15) is 16.9 Å². The van der Waals surface area contributed by atoms with Gasteiger partial charge in [0.05, 0.1) is 6.61 Å². The molecule has 0 fully saturated rings. The fourth-order valence-corrected chi connectivity index (χ4v) is 2.63. The molecule has 1 atom stereocenters. The van der Waals surface area contributed by atoms with E-state index in [0.29, 0.717) is 24.7 Å². The Morgan fingerprint density at radius 2 is 1.85 bits per heavy atom. The van der Waals surface area contributed by atoms with E-state index >= 15 is 0 Å². The van der Waals surface area contributed by atoms with Gasteiger partial charge in [0.1, 0.15) is 12.3 Å². The topological polar surface area (TPSA) is 97.9 Å². The number of hydrogen-bond acceptors (Lipinski definition) is 5. The largest absolute Gasteiger partial charge is 0.379 e. The van der Waals surface area contributed by atoms with Crippen molar-refractivity contribution < 1.29 is 23.7 Å². The molecule has 2 aromatic rings. The first-order chi connectivity index (χ1) is 12.9. The lowest BCUT2D eigenvalue weighted by Crippen LogP contribution is -3.14. The number of rotatable bonds is 9. The molecular weight excluding hydrogens is 348 g/mol. The average molecular weight is 375 g/mol. The molecule has 0 aliphatic rings. The van der Waals surface area contributed by atoms with E-state index in [1.165, 1.54) is 0 Å². The highest BCUT2D eigenvalue weighted by atomic mass is 16.5. The first-order valence-electron chi connectivity index (χ1n) is 8.80. The Labute approximate surface area is 158 Å². The minimum absolute atomic E-state index is 0.121. The Hall–Kier alpha value is -2.71. The van der Waals surface area contributed by atoms with Crippen LogP contribution in [-0.4, -0.2) is 50.3 Å². The van der Waals surface area contributed by atoms with Gasteiger partial charge in [-0.1, -0.05) is 17.3 Å². The summed E-state index contributed by atoms with van der Waals surface area (Å²) in [7, 11) is 1.59. The summed E-state index contributed by atoms with van der Waals surface area (Å²) in [5.41, 5.74) is 2.93. The zero-order chi connectivity index (χ0) is 19.8. The lowest BCUT2D eigenvalue weighted by Gasteiger charge is -2.18. The van der Waals surface area contributed by atoms with E-state index in [1.54, 1.807) is 20.1 Å². The molecule has 0 bridgehead atoms. The van der Waals surface area contributed by atoms with Gasteiger partial charge in [0.2, 0.25) is 0 Å². The van der Waals surface area contributed by atoms with Crippen molar-refractivity contribution in [3.63, 3.8) is 0 Å². The van der Waals surface area contributed by atoms with Crippen molar-refractivity contribution in [1.82, 2.24) is 5.16 Å². The maximum Gasteiger partial charge on any atom is 0.280 e. The molecule has 8 nitrogen and oxygen atoms in total. The van der Waals surface area contributed by atoms with Crippen LogP contribution in [0.4, 0.5) is 11.5 Å². The summed E-state index contributed by atoms with van der Waals surface area (Å²) >= 11 is 0. The van der Waals surface area contributed by atoms with Crippen LogP contribution < -0.4 is 15.5 Å². The zero-order valence-corrected chi connectivity index (χ0v) is 16.2. The van der Waals surface area contributed by atoms with Gasteiger partial charge in [-0.3, -0.25) is 9.59 Å². The number of anilines is 2. The van der Waals surface area contributed by atoms with E-state index in [4.69, 9.17) is 9.26 Å². The summed E-state index contributed by atoms with van der Waals surface area (Å²) in [6.45, 7) is 6.96. The van der Waals surface area contributed by atoms with Crippen molar-refractivity contribution in [2.75, 3.05) is 44.0 Å². The van der Waals surface area contributed by atoms with Crippen LogP contribution in [0, 0.1) is 20.8 Å². The summed E-state index contributed by atoms with van der Waals surface area (Å²) in [4.78, 5) is 25.5. The van der Waals surface area contributed by atoms with Crippen LogP contribution in [0.15, 0.2) is 28.8 Å². The number of methoxy groups -OCH3 is 1. The summed E-state index contributed by atoms with van der Waals surface area (Å²) in [5, 5.41) is 9.34. The number of nitrogens with zero attached hydrogens (tertiary/aromatic N) is 1. The predicted octanol–water partition coefficient (Wildman–Crippen LogP) is 0.708. The molecule has 0 spiro atoms. The molecular formula is C19H27N4O4+. The van der Waals surface area contributed by atoms with Gasteiger partial charge in [-0.05, 0) is 38.0 Å². The van der Waals surface area contributed by atoms with E-state index < -0.39 is 0 Å². The lowest BCUT2D eigenvalue weighted by atomic mass is 10.1. The summed E-state index contributed by atoms with van der Waals surface area (Å²) in [6.07, 6.45) is 0. The molecule has 146 valence electrons. The minimum atomic E-state index is -0.242. The molecule has 3 N–H and O–H groups in total. The van der Waals surface area contributed by atoms with Gasteiger partial charge < -0.3 is 24.8 Å². The molecule has 1 aromatic carbocycles. The van der Waals surface area contributed by atoms with E-state index in [-0.39, 0.29) is 24.9 Å². The first kappa shape index (κ1) is 20.6. The van der Waals surface area contributed by atoms with Gasteiger partial charge in [0.25, 0.3) is 11.8 Å². The number of carbonyl (C=O) groups is 2. The second-order valence-electron chi connectivity index (χ2n) is 6.51. The van der Waals surface area contributed by atoms with Crippen LogP contribution in [0.2, 0.25) is 0 Å². The number of carbonyl (C=O) groups excluding carboxylic acids is 2. The second kappa shape index (κ2) is 9.84. The molecule has 1 unspecified atom stereocenters. The minimum Gasteiger partial charge on any atom is -0.379 e. The number of aryl methyl sites for hydroxylation is 2. The number of ether oxygens (including phenoxy) is 1. The average Bonchev–Trinajstić information content (AvgIpc) is 3.01. The molecule has 0 aliphatic carbocycles. The fraction of sp³-hybridized carbons (Fsp3) is 0.421. The predicted molar refractivity (Wildman–Crippen MR) is 102 cm³/mol. The number of aromatic nitrogens is 1. The summed E-state index contributed by atoms with van der Waals surface area (Å²) in [6, 6.07) is 7.41. The van der Waals surface area contributed by atoms with E-state index in [2.05, 4.69) is 15.8 Å². The van der Waals surface area contributed by atoms with E-state index in [9.17, 15) is 9.59 Å². The lowest BCUT2D eigenvalue weighted by molar-refractivity contribution is -0.883. The number of quaternary nitrogens is 1. The Morgan fingerprint density at radius 3 is 2.48 bits per heavy atom. The van der Waals surface area contributed by atoms with E-state index in [0.717, 1.165) is 21.7 Å². The molecule has 0 saturated carbocycles. The van der Waals surface area contributed by atoms with Crippen LogP contribution in [0.5, 0.6) is 0 Å². The summed E-state index contributed by atoms with van der Waals surface area (Å²) in [5.74, 6) is 0.582. The molecule has 1 heterocycles. The highest BCUT2D eigenvalue weighted by Gasteiger charge is 2.19. The quantitative estimate of drug-likeness (QED) is 0.600. The van der Waals surface area contributed by atoms with Crippen LogP contribution in [-0.2, 0) is 14.3 Å². The van der Waals surface area contributed by atoms with Crippen molar-refractivity contribution in [1.29, 1.82) is 0 Å². The molecule has 2 amide bonds. The number of nitrogens with one attached hydrogen (secondary N) is 3. The van der Waals surface area contributed by atoms with Crippen LogP contribution in [0.3, 0.4) is 0 Å². The SMILES string of the molecule is COCC[NH+](CC(=O)Nc1cc(C)on1)CC(=O)Nc1cccc(C)c1C. The third kappa shape index (κ3) is 6.50. The van der Waals surface area contributed by atoms with Crippen LogP contribution >= 0.6 is 0 Å². The van der Waals surface area contributed by atoms with Gasteiger partial charge >= 0.3 is 0 Å².